The molecule has 0 amide bonds. The molecule has 0 aliphatic heterocycles. The molecule has 0 spiro atoms. The number of hydrogen-bond donors (Lipinski definition) is 0. The standard InChI is InChI=1S/C67H118O6/c1-4-7-10-13-16-19-22-25-28-31-32-33-34-37-39-42-45-48-51-54-57-60-66(69)72-63-64(73-67(70)61-58-55-52-49-46-43-40-36-30-27-24-21-18-15-12-9-6-3)62-71-65(68)59-56-53-50-47-44-41-38-35-29-26-23-20-17-14-11-8-5-2/h8,11,17,20,25-26,28-29,38,41,47,50,64H,4-7,9-10,12-16,18-19,21-24,27,30-37,39-40,42-46,48-49,51-63H2,1-3H3/b11-8-,20-17-,28-25-,29-26-,41-38-,50-47-/t64-/m1/s1. The van der Waals surface area contributed by atoms with Crippen molar-refractivity contribution in [1.82, 2.24) is 0 Å². The largest absolute Gasteiger partial charge is 0.462 e. The lowest BCUT2D eigenvalue weighted by molar-refractivity contribution is -0.167. The Bertz CT molecular complexity index is 1360. The Kier molecular flexibility index (Phi) is 58.7. The zero-order chi connectivity index (χ0) is 52.9. The number of carbonyl (C=O) groups excluding carboxylic acids is 3. The molecule has 0 aromatic rings. The Morgan fingerprint density at radius 3 is 0.904 bits per heavy atom. The second-order valence-electron chi connectivity index (χ2n) is 20.9. The predicted molar refractivity (Wildman–Crippen MR) is 316 cm³/mol. The number of hydrogen-bond acceptors (Lipinski definition) is 6. The Hall–Kier alpha value is -3.15. The number of allylic oxidation sites excluding steroid dienone is 12. The highest BCUT2D eigenvalue weighted by atomic mass is 16.6. The van der Waals surface area contributed by atoms with E-state index in [0.29, 0.717) is 19.3 Å². The molecule has 0 bridgehead atoms. The van der Waals surface area contributed by atoms with Crippen LogP contribution < -0.4 is 0 Å². The quantitative estimate of drug-likeness (QED) is 0.0261. The van der Waals surface area contributed by atoms with E-state index < -0.39 is 6.10 Å². The first kappa shape index (κ1) is 69.8. The van der Waals surface area contributed by atoms with E-state index in [1.165, 1.54) is 193 Å². The minimum atomic E-state index is -0.797. The summed E-state index contributed by atoms with van der Waals surface area (Å²) >= 11 is 0. The van der Waals surface area contributed by atoms with Gasteiger partial charge in [-0.2, -0.15) is 0 Å². The lowest BCUT2D eigenvalue weighted by Gasteiger charge is -2.18. The summed E-state index contributed by atoms with van der Waals surface area (Å²) in [5.74, 6) is -0.936. The van der Waals surface area contributed by atoms with Crippen LogP contribution in [0.2, 0.25) is 0 Å². The summed E-state index contributed by atoms with van der Waals surface area (Å²) in [5, 5.41) is 0. The summed E-state index contributed by atoms with van der Waals surface area (Å²) < 4.78 is 16.9. The highest BCUT2D eigenvalue weighted by molar-refractivity contribution is 5.71. The number of ether oxygens (including phenoxy) is 3. The van der Waals surface area contributed by atoms with E-state index in [1.54, 1.807) is 0 Å². The second kappa shape index (κ2) is 61.4. The zero-order valence-electron chi connectivity index (χ0n) is 48.4. The van der Waals surface area contributed by atoms with Crippen molar-refractivity contribution in [2.75, 3.05) is 13.2 Å². The third kappa shape index (κ3) is 59.6. The molecule has 0 rings (SSSR count). The molecule has 0 saturated carbocycles. The third-order valence-electron chi connectivity index (χ3n) is 13.7. The highest BCUT2D eigenvalue weighted by Gasteiger charge is 2.19. The van der Waals surface area contributed by atoms with Crippen LogP contribution in [-0.2, 0) is 28.6 Å². The van der Waals surface area contributed by atoms with Crippen LogP contribution in [-0.4, -0.2) is 37.2 Å². The van der Waals surface area contributed by atoms with E-state index in [9.17, 15) is 14.4 Å². The van der Waals surface area contributed by atoms with E-state index in [2.05, 4.69) is 93.7 Å². The van der Waals surface area contributed by atoms with E-state index >= 15 is 0 Å². The topological polar surface area (TPSA) is 78.9 Å². The van der Waals surface area contributed by atoms with Gasteiger partial charge in [0.05, 0.1) is 0 Å². The van der Waals surface area contributed by atoms with Crippen molar-refractivity contribution in [3.05, 3.63) is 72.9 Å². The van der Waals surface area contributed by atoms with Gasteiger partial charge in [-0.15, -0.1) is 0 Å². The highest BCUT2D eigenvalue weighted by Crippen LogP contribution is 2.17. The molecule has 0 saturated heterocycles. The molecule has 0 fully saturated rings. The summed E-state index contributed by atoms with van der Waals surface area (Å²) in [4.78, 5) is 38.3. The van der Waals surface area contributed by atoms with Crippen molar-refractivity contribution in [2.24, 2.45) is 0 Å². The van der Waals surface area contributed by atoms with Gasteiger partial charge in [0.25, 0.3) is 0 Å². The lowest BCUT2D eigenvalue weighted by Crippen LogP contribution is -2.30. The Morgan fingerprint density at radius 1 is 0.288 bits per heavy atom. The maximum Gasteiger partial charge on any atom is 0.306 e. The fourth-order valence-electron chi connectivity index (χ4n) is 9.00. The van der Waals surface area contributed by atoms with Crippen LogP contribution in [0.15, 0.2) is 72.9 Å². The van der Waals surface area contributed by atoms with Crippen LogP contribution in [0.1, 0.15) is 316 Å². The van der Waals surface area contributed by atoms with Gasteiger partial charge in [0.2, 0.25) is 0 Å². The molecule has 0 unspecified atom stereocenters. The molecule has 0 aromatic carbocycles. The molecule has 0 N–H and O–H groups in total. The molecule has 0 aromatic heterocycles. The normalized spacial score (nSPS) is 12.5. The van der Waals surface area contributed by atoms with Gasteiger partial charge < -0.3 is 14.2 Å². The minimum absolute atomic E-state index is 0.0904. The van der Waals surface area contributed by atoms with Gasteiger partial charge in [-0.3, -0.25) is 14.4 Å². The molecule has 0 aliphatic rings. The Morgan fingerprint density at radius 2 is 0.548 bits per heavy atom. The van der Waals surface area contributed by atoms with Gasteiger partial charge in [0.15, 0.2) is 6.10 Å². The Labute approximate surface area is 453 Å². The molecule has 6 nitrogen and oxygen atoms in total. The van der Waals surface area contributed by atoms with Gasteiger partial charge in [0, 0.05) is 19.3 Å². The average Bonchev–Trinajstić information content (AvgIpc) is 3.39. The molecule has 0 aliphatic carbocycles. The van der Waals surface area contributed by atoms with Gasteiger partial charge >= 0.3 is 17.9 Å². The molecule has 422 valence electrons. The van der Waals surface area contributed by atoms with E-state index in [4.69, 9.17) is 14.2 Å². The molecule has 1 atom stereocenters. The minimum Gasteiger partial charge on any atom is -0.462 e. The molecular weight excluding hydrogens is 901 g/mol. The van der Waals surface area contributed by atoms with Crippen molar-refractivity contribution < 1.29 is 28.6 Å². The maximum atomic E-state index is 12.9. The first-order valence-corrected chi connectivity index (χ1v) is 31.4. The van der Waals surface area contributed by atoms with Crippen LogP contribution in [0.4, 0.5) is 0 Å². The Balaban J connectivity index is 4.40. The van der Waals surface area contributed by atoms with Gasteiger partial charge in [-0.05, 0) is 83.5 Å². The number of unbranched alkanes of at least 4 members (excludes halogenated alkanes) is 34. The SMILES string of the molecule is CC/C=C\C/C=C\C/C=C\C/C=C\C/C=C\CCCC(=O)OC[C@H](COC(=O)CCCCCCCCCCCCC/C=C\CCCCCCCC)OC(=O)CCCCCCCCCCCCCCCCCCC. The molecule has 0 heterocycles. The third-order valence-corrected chi connectivity index (χ3v) is 13.7. The van der Waals surface area contributed by atoms with Crippen molar-refractivity contribution in [3.63, 3.8) is 0 Å². The van der Waals surface area contributed by atoms with Crippen LogP contribution in [0.5, 0.6) is 0 Å². The second-order valence-corrected chi connectivity index (χ2v) is 20.9. The van der Waals surface area contributed by atoms with Crippen molar-refractivity contribution in [2.45, 2.75) is 322 Å². The van der Waals surface area contributed by atoms with Crippen LogP contribution >= 0.6 is 0 Å². The molecular formula is C67H118O6. The summed E-state index contributed by atoms with van der Waals surface area (Å²) in [6, 6.07) is 0. The number of carbonyl (C=O) groups is 3. The monoisotopic (exact) mass is 1020 g/mol. The first-order chi connectivity index (χ1) is 36.0. The van der Waals surface area contributed by atoms with E-state index in [0.717, 1.165) is 77.0 Å². The van der Waals surface area contributed by atoms with Crippen LogP contribution in [0, 0.1) is 0 Å². The van der Waals surface area contributed by atoms with Gasteiger partial charge in [-0.25, -0.2) is 0 Å². The van der Waals surface area contributed by atoms with Crippen molar-refractivity contribution >= 4 is 17.9 Å². The van der Waals surface area contributed by atoms with Crippen LogP contribution in [0.25, 0.3) is 0 Å². The van der Waals surface area contributed by atoms with Crippen molar-refractivity contribution in [3.8, 4) is 0 Å². The van der Waals surface area contributed by atoms with Gasteiger partial charge in [0.1, 0.15) is 13.2 Å². The summed E-state index contributed by atoms with van der Waals surface area (Å²) in [7, 11) is 0. The van der Waals surface area contributed by atoms with Gasteiger partial charge in [-0.1, -0.05) is 286 Å². The first-order valence-electron chi connectivity index (χ1n) is 31.4. The van der Waals surface area contributed by atoms with E-state index in [-0.39, 0.29) is 37.5 Å². The average molecular weight is 1020 g/mol. The van der Waals surface area contributed by atoms with Crippen molar-refractivity contribution in [1.29, 1.82) is 0 Å². The van der Waals surface area contributed by atoms with E-state index in [1.807, 2.05) is 0 Å². The molecule has 6 heteroatoms. The maximum absolute atomic E-state index is 12.9. The summed E-state index contributed by atoms with van der Waals surface area (Å²) in [5.41, 5.74) is 0. The predicted octanol–water partition coefficient (Wildman–Crippen LogP) is 21.3. The molecule has 73 heavy (non-hydrogen) atoms. The smallest absolute Gasteiger partial charge is 0.306 e. The number of rotatable bonds is 57. The fourth-order valence-corrected chi connectivity index (χ4v) is 9.00. The zero-order valence-corrected chi connectivity index (χ0v) is 48.4. The fraction of sp³-hybridized carbons (Fsp3) is 0.776. The summed E-state index contributed by atoms with van der Waals surface area (Å²) in [6.45, 7) is 6.52. The molecule has 0 radical (unpaired) electrons. The lowest BCUT2D eigenvalue weighted by atomic mass is 10.0. The summed E-state index contributed by atoms with van der Waals surface area (Å²) in [6.07, 6.45) is 79.1. The number of esters is 3. The van der Waals surface area contributed by atoms with Crippen LogP contribution in [0.3, 0.4) is 0 Å².